The zero-order chi connectivity index (χ0) is 25.0. The van der Waals surface area contributed by atoms with Gasteiger partial charge in [0.05, 0.1) is 6.10 Å². The molecule has 194 valence electrons. The zero-order valence-electron chi connectivity index (χ0n) is 21.7. The molecular formula is C32H43NO3. The van der Waals surface area contributed by atoms with Gasteiger partial charge in [-0.05, 0) is 87.6 Å². The van der Waals surface area contributed by atoms with E-state index < -0.39 is 5.97 Å². The molecule has 3 atom stereocenters. The summed E-state index contributed by atoms with van der Waals surface area (Å²) in [5.41, 5.74) is 3.91. The third kappa shape index (κ3) is 8.04. The Morgan fingerprint density at radius 1 is 0.917 bits per heavy atom. The molecule has 2 aromatic carbocycles. The van der Waals surface area contributed by atoms with Crippen molar-refractivity contribution < 1.29 is 14.6 Å². The lowest BCUT2D eigenvalue weighted by atomic mass is 9.93. The fourth-order valence-electron chi connectivity index (χ4n) is 6.04. The molecular weight excluding hydrogens is 446 g/mol. The number of piperidine rings is 1. The summed E-state index contributed by atoms with van der Waals surface area (Å²) in [6.07, 6.45) is 16.1. The summed E-state index contributed by atoms with van der Waals surface area (Å²) in [7, 11) is 0. The summed E-state index contributed by atoms with van der Waals surface area (Å²) in [4.78, 5) is 13.5. The standard InChI is InChI=1S/C32H43NO3/c34-32(35)16-8-2-1-7-15-29-30(33-23-9-4-10-24-33)21-22-31(29)36-25-11-12-26-17-19-28(20-18-26)27-13-5-3-6-14-27/h1-3,5-6,13-14,17-20,29-31H,4,7-12,15-16,21-25H2,(H,34,35). The Kier molecular flexibility index (Phi) is 10.6. The molecule has 0 aromatic heterocycles. The van der Waals surface area contributed by atoms with Gasteiger partial charge in [-0.25, -0.2) is 0 Å². The molecule has 1 aliphatic heterocycles. The van der Waals surface area contributed by atoms with Crippen LogP contribution >= 0.6 is 0 Å². The van der Waals surface area contributed by atoms with Crippen molar-refractivity contribution in [3.05, 3.63) is 72.3 Å². The van der Waals surface area contributed by atoms with Crippen molar-refractivity contribution in [1.82, 2.24) is 4.90 Å². The van der Waals surface area contributed by atoms with E-state index in [1.54, 1.807) is 0 Å². The van der Waals surface area contributed by atoms with Gasteiger partial charge in [-0.15, -0.1) is 0 Å². The fourth-order valence-corrected chi connectivity index (χ4v) is 6.04. The minimum atomic E-state index is -0.721. The molecule has 2 aliphatic rings. The molecule has 0 bridgehead atoms. The predicted molar refractivity (Wildman–Crippen MR) is 147 cm³/mol. The third-order valence-corrected chi connectivity index (χ3v) is 7.94. The number of hydrogen-bond acceptors (Lipinski definition) is 3. The van der Waals surface area contributed by atoms with E-state index >= 15 is 0 Å². The Hall–Kier alpha value is -2.43. The number of allylic oxidation sites excluding steroid dienone is 2. The van der Waals surface area contributed by atoms with Gasteiger partial charge in [0.15, 0.2) is 0 Å². The van der Waals surface area contributed by atoms with E-state index in [1.165, 1.54) is 61.9 Å². The predicted octanol–water partition coefficient (Wildman–Crippen LogP) is 7.14. The first-order valence-electron chi connectivity index (χ1n) is 14.1. The largest absolute Gasteiger partial charge is 0.481 e. The first kappa shape index (κ1) is 26.6. The minimum Gasteiger partial charge on any atom is -0.481 e. The molecule has 1 heterocycles. The van der Waals surface area contributed by atoms with Crippen LogP contribution in [-0.4, -0.2) is 47.8 Å². The van der Waals surface area contributed by atoms with E-state index in [0.29, 0.717) is 24.5 Å². The topological polar surface area (TPSA) is 49.8 Å². The van der Waals surface area contributed by atoms with Crippen molar-refractivity contribution in [3.63, 3.8) is 0 Å². The van der Waals surface area contributed by atoms with Gasteiger partial charge < -0.3 is 14.7 Å². The normalized spacial score (nSPS) is 22.8. The molecule has 4 rings (SSSR count). The van der Waals surface area contributed by atoms with Crippen LogP contribution in [0.2, 0.25) is 0 Å². The van der Waals surface area contributed by atoms with Gasteiger partial charge in [-0.3, -0.25) is 4.79 Å². The number of benzene rings is 2. The Labute approximate surface area is 217 Å². The highest BCUT2D eigenvalue weighted by Gasteiger charge is 2.39. The van der Waals surface area contributed by atoms with Crippen molar-refractivity contribution in [2.24, 2.45) is 5.92 Å². The van der Waals surface area contributed by atoms with Crippen LogP contribution in [0.15, 0.2) is 66.7 Å². The number of ether oxygens (including phenoxy) is 1. The third-order valence-electron chi connectivity index (χ3n) is 7.94. The maximum absolute atomic E-state index is 10.7. The number of carboxylic acid groups (broad SMARTS) is 1. The Balaban J connectivity index is 1.25. The van der Waals surface area contributed by atoms with Crippen molar-refractivity contribution >= 4 is 5.97 Å². The Morgan fingerprint density at radius 2 is 1.64 bits per heavy atom. The van der Waals surface area contributed by atoms with E-state index in [9.17, 15) is 4.79 Å². The number of nitrogens with zero attached hydrogens (tertiary/aromatic N) is 1. The average molecular weight is 490 g/mol. The van der Waals surface area contributed by atoms with E-state index in [2.05, 4.69) is 65.6 Å². The second-order valence-electron chi connectivity index (χ2n) is 10.5. The van der Waals surface area contributed by atoms with Crippen LogP contribution in [0, 0.1) is 5.92 Å². The minimum absolute atomic E-state index is 0.219. The molecule has 0 spiro atoms. The number of hydrogen-bond donors (Lipinski definition) is 1. The van der Waals surface area contributed by atoms with Gasteiger partial charge in [0.2, 0.25) is 0 Å². The van der Waals surface area contributed by atoms with Crippen LogP contribution in [0.5, 0.6) is 0 Å². The summed E-state index contributed by atoms with van der Waals surface area (Å²) in [5, 5.41) is 8.84. The molecule has 0 radical (unpaired) electrons. The van der Waals surface area contributed by atoms with Crippen LogP contribution < -0.4 is 0 Å². The maximum Gasteiger partial charge on any atom is 0.303 e. The second kappa shape index (κ2) is 14.3. The van der Waals surface area contributed by atoms with E-state index in [-0.39, 0.29) is 6.42 Å². The summed E-state index contributed by atoms with van der Waals surface area (Å²) in [6.45, 7) is 3.30. The number of carbonyl (C=O) groups is 1. The zero-order valence-corrected chi connectivity index (χ0v) is 21.7. The molecule has 1 saturated carbocycles. The molecule has 4 heteroatoms. The van der Waals surface area contributed by atoms with Gasteiger partial charge in [0.25, 0.3) is 0 Å². The summed E-state index contributed by atoms with van der Waals surface area (Å²) >= 11 is 0. The number of aryl methyl sites for hydroxylation is 1. The van der Waals surface area contributed by atoms with Crippen LogP contribution in [0.1, 0.15) is 69.8 Å². The van der Waals surface area contributed by atoms with Crippen molar-refractivity contribution in [2.45, 2.75) is 82.8 Å². The van der Waals surface area contributed by atoms with Crippen molar-refractivity contribution in [1.29, 1.82) is 0 Å². The maximum atomic E-state index is 10.7. The number of carboxylic acids is 1. The number of rotatable bonds is 13. The highest BCUT2D eigenvalue weighted by molar-refractivity contribution is 5.66. The van der Waals surface area contributed by atoms with E-state index in [1.807, 2.05) is 6.08 Å². The molecule has 2 aromatic rings. The summed E-state index contributed by atoms with van der Waals surface area (Å²) in [6, 6.07) is 20.2. The van der Waals surface area contributed by atoms with Crippen LogP contribution in [0.4, 0.5) is 0 Å². The molecule has 2 fully saturated rings. The average Bonchev–Trinajstić information content (AvgIpc) is 3.32. The molecule has 0 amide bonds. The van der Waals surface area contributed by atoms with E-state index in [4.69, 9.17) is 9.84 Å². The molecule has 1 N–H and O–H groups in total. The lowest BCUT2D eigenvalue weighted by Gasteiger charge is -2.37. The lowest BCUT2D eigenvalue weighted by molar-refractivity contribution is -0.136. The number of aliphatic carboxylic acids is 1. The molecule has 4 nitrogen and oxygen atoms in total. The van der Waals surface area contributed by atoms with Crippen molar-refractivity contribution in [2.75, 3.05) is 19.7 Å². The first-order valence-corrected chi connectivity index (χ1v) is 14.1. The molecule has 1 saturated heterocycles. The highest BCUT2D eigenvalue weighted by atomic mass is 16.5. The van der Waals surface area contributed by atoms with E-state index in [0.717, 1.165) is 32.3 Å². The van der Waals surface area contributed by atoms with Gasteiger partial charge >= 0.3 is 5.97 Å². The van der Waals surface area contributed by atoms with Gasteiger partial charge in [-0.1, -0.05) is 73.2 Å². The quantitative estimate of drug-likeness (QED) is 0.240. The Morgan fingerprint density at radius 3 is 2.39 bits per heavy atom. The van der Waals surface area contributed by atoms with Crippen LogP contribution in [0.25, 0.3) is 11.1 Å². The molecule has 36 heavy (non-hydrogen) atoms. The SMILES string of the molecule is O=C(O)CCC=CCCC1C(OCCCc2ccc(-c3ccccc3)cc2)CCC1N1CCCCC1. The van der Waals surface area contributed by atoms with Gasteiger partial charge in [-0.2, -0.15) is 0 Å². The van der Waals surface area contributed by atoms with Crippen LogP contribution in [0.3, 0.4) is 0 Å². The van der Waals surface area contributed by atoms with Crippen LogP contribution in [-0.2, 0) is 16.0 Å². The summed E-state index contributed by atoms with van der Waals surface area (Å²) < 4.78 is 6.53. The molecule has 3 unspecified atom stereocenters. The molecule has 1 aliphatic carbocycles. The fraction of sp³-hybridized carbons (Fsp3) is 0.531. The van der Waals surface area contributed by atoms with Crippen molar-refractivity contribution in [3.8, 4) is 11.1 Å². The van der Waals surface area contributed by atoms with Gasteiger partial charge in [0.1, 0.15) is 0 Å². The second-order valence-corrected chi connectivity index (χ2v) is 10.5. The smallest absolute Gasteiger partial charge is 0.303 e. The summed E-state index contributed by atoms with van der Waals surface area (Å²) in [5.74, 6) is -0.140. The van der Waals surface area contributed by atoms with Gasteiger partial charge in [0, 0.05) is 25.0 Å². The first-order chi connectivity index (χ1) is 17.7. The number of likely N-dealkylation sites (tertiary alicyclic amines) is 1. The highest BCUT2D eigenvalue weighted by Crippen LogP contribution is 2.37. The lowest BCUT2D eigenvalue weighted by Crippen LogP contribution is -2.43. The Bertz CT molecular complexity index is 934. The monoisotopic (exact) mass is 489 g/mol.